The number of aromatic hydroxyl groups is 1. The van der Waals surface area contributed by atoms with Crippen LogP contribution in [0.3, 0.4) is 0 Å². The number of aryl methyl sites for hydroxylation is 1. The predicted octanol–water partition coefficient (Wildman–Crippen LogP) is 3.34. The van der Waals surface area contributed by atoms with Gasteiger partial charge >= 0.3 is 0 Å². The average molecular weight is 236 g/mol. The Hall–Kier alpha value is -1.51. The number of carbonyl (C=O) groups is 1. The topological polar surface area (TPSA) is 46.5 Å². The first-order valence-electron chi connectivity index (χ1n) is 6.09. The second kappa shape index (κ2) is 6.28. The van der Waals surface area contributed by atoms with E-state index in [1.54, 1.807) is 6.07 Å². The molecule has 0 bridgehead atoms. The summed E-state index contributed by atoms with van der Waals surface area (Å²) in [5.74, 6) is 0.628. The number of carbonyl (C=O) groups excluding carboxylic acids is 1. The van der Waals surface area contributed by atoms with Crippen molar-refractivity contribution in [3.8, 4) is 11.5 Å². The van der Waals surface area contributed by atoms with Gasteiger partial charge in [-0.3, -0.25) is 4.79 Å². The molecule has 1 aromatic carbocycles. The van der Waals surface area contributed by atoms with Gasteiger partial charge in [0.2, 0.25) is 0 Å². The first kappa shape index (κ1) is 13.6. The second-order valence-corrected chi connectivity index (χ2v) is 4.13. The highest BCUT2D eigenvalue weighted by Crippen LogP contribution is 2.30. The van der Waals surface area contributed by atoms with Crippen LogP contribution in [0.15, 0.2) is 12.1 Å². The maximum Gasteiger partial charge on any atom is 0.163 e. The largest absolute Gasteiger partial charge is 0.507 e. The van der Waals surface area contributed by atoms with Crippen LogP contribution in [-0.4, -0.2) is 17.5 Å². The average Bonchev–Trinajstić information content (AvgIpc) is 2.29. The molecule has 0 aliphatic carbocycles. The van der Waals surface area contributed by atoms with E-state index in [9.17, 15) is 9.90 Å². The Labute approximate surface area is 102 Å². The van der Waals surface area contributed by atoms with Crippen molar-refractivity contribution in [2.45, 2.75) is 40.0 Å². The van der Waals surface area contributed by atoms with Crippen LogP contribution in [0.2, 0.25) is 0 Å². The van der Waals surface area contributed by atoms with E-state index in [-0.39, 0.29) is 11.5 Å². The molecule has 0 heterocycles. The van der Waals surface area contributed by atoms with Crippen LogP contribution < -0.4 is 4.74 Å². The minimum atomic E-state index is -0.137. The first-order valence-corrected chi connectivity index (χ1v) is 6.09. The van der Waals surface area contributed by atoms with Gasteiger partial charge in [0, 0.05) is 0 Å². The lowest BCUT2D eigenvalue weighted by molar-refractivity contribution is 0.101. The monoisotopic (exact) mass is 236 g/mol. The van der Waals surface area contributed by atoms with Crippen LogP contribution in [-0.2, 0) is 6.42 Å². The fourth-order valence-electron chi connectivity index (χ4n) is 1.70. The van der Waals surface area contributed by atoms with Gasteiger partial charge in [0.25, 0.3) is 0 Å². The molecule has 3 heteroatoms. The molecule has 1 rings (SSSR count). The van der Waals surface area contributed by atoms with Gasteiger partial charge in [0.1, 0.15) is 11.5 Å². The minimum absolute atomic E-state index is 0.100. The van der Waals surface area contributed by atoms with Crippen molar-refractivity contribution in [1.29, 1.82) is 0 Å². The smallest absolute Gasteiger partial charge is 0.163 e. The highest BCUT2D eigenvalue weighted by atomic mass is 16.5. The Morgan fingerprint density at radius 2 is 2.00 bits per heavy atom. The Morgan fingerprint density at radius 3 is 2.53 bits per heavy atom. The van der Waals surface area contributed by atoms with E-state index in [2.05, 4.69) is 0 Å². The summed E-state index contributed by atoms with van der Waals surface area (Å²) < 4.78 is 5.52. The van der Waals surface area contributed by atoms with Crippen molar-refractivity contribution >= 4 is 5.78 Å². The number of ether oxygens (including phenoxy) is 1. The quantitative estimate of drug-likeness (QED) is 0.770. The summed E-state index contributed by atoms with van der Waals surface area (Å²) in [4.78, 5) is 11.4. The van der Waals surface area contributed by atoms with E-state index in [4.69, 9.17) is 4.74 Å². The van der Waals surface area contributed by atoms with Crippen LogP contribution in [0.25, 0.3) is 0 Å². The van der Waals surface area contributed by atoms with Crippen LogP contribution in [0.4, 0.5) is 0 Å². The zero-order valence-electron chi connectivity index (χ0n) is 10.7. The molecule has 0 saturated heterocycles. The Morgan fingerprint density at radius 1 is 1.29 bits per heavy atom. The summed E-state index contributed by atoms with van der Waals surface area (Å²) in [6.45, 7) is 6.13. The van der Waals surface area contributed by atoms with Crippen LogP contribution in [0.1, 0.15) is 49.5 Å². The van der Waals surface area contributed by atoms with E-state index in [1.807, 2.05) is 19.9 Å². The Balaban J connectivity index is 3.11. The Kier molecular flexibility index (Phi) is 5.01. The maximum atomic E-state index is 11.4. The van der Waals surface area contributed by atoms with E-state index in [0.717, 1.165) is 24.8 Å². The summed E-state index contributed by atoms with van der Waals surface area (Å²) in [5, 5.41) is 9.96. The number of ketones is 1. The number of benzene rings is 1. The van der Waals surface area contributed by atoms with E-state index >= 15 is 0 Å². The number of Topliss-reactive ketones (excluding diaryl/α,β-unsaturated/α-hetero) is 1. The lowest BCUT2D eigenvalue weighted by Gasteiger charge is -2.11. The van der Waals surface area contributed by atoms with Crippen molar-refractivity contribution in [3.63, 3.8) is 0 Å². The molecule has 1 aromatic rings. The van der Waals surface area contributed by atoms with E-state index in [1.165, 1.54) is 6.92 Å². The van der Waals surface area contributed by atoms with Gasteiger partial charge in [-0.05, 0) is 37.5 Å². The van der Waals surface area contributed by atoms with Gasteiger partial charge in [-0.15, -0.1) is 0 Å². The number of phenolic OH excluding ortho intramolecular Hbond substituents is 1. The first-order chi connectivity index (χ1) is 8.10. The third-order valence-corrected chi connectivity index (χ3v) is 2.53. The van der Waals surface area contributed by atoms with Gasteiger partial charge in [0.05, 0.1) is 12.2 Å². The molecule has 0 spiro atoms. The molecule has 0 radical (unpaired) electrons. The van der Waals surface area contributed by atoms with Gasteiger partial charge in [-0.25, -0.2) is 0 Å². The van der Waals surface area contributed by atoms with Crippen LogP contribution in [0, 0.1) is 0 Å². The molecule has 94 valence electrons. The molecule has 0 aromatic heterocycles. The number of rotatable bonds is 6. The predicted molar refractivity (Wildman–Crippen MR) is 67.9 cm³/mol. The fraction of sp³-hybridized carbons (Fsp3) is 0.500. The maximum absolute atomic E-state index is 11.4. The molecule has 0 saturated carbocycles. The molecule has 1 N–H and O–H groups in total. The van der Waals surface area contributed by atoms with Gasteiger partial charge in [0.15, 0.2) is 5.78 Å². The molecule has 0 unspecified atom stereocenters. The number of phenols is 1. The molecule has 17 heavy (non-hydrogen) atoms. The normalized spacial score (nSPS) is 10.3. The molecule has 0 fully saturated rings. The molecule has 3 nitrogen and oxygen atoms in total. The lowest BCUT2D eigenvalue weighted by Crippen LogP contribution is -2.01. The third kappa shape index (κ3) is 3.48. The van der Waals surface area contributed by atoms with Crippen molar-refractivity contribution < 1.29 is 14.6 Å². The summed E-state index contributed by atoms with van der Waals surface area (Å²) in [7, 11) is 0. The Bertz CT molecular complexity index is 397. The highest BCUT2D eigenvalue weighted by molar-refractivity contribution is 5.97. The second-order valence-electron chi connectivity index (χ2n) is 4.13. The number of hydrogen-bond acceptors (Lipinski definition) is 3. The summed E-state index contributed by atoms with van der Waals surface area (Å²) in [6, 6.07) is 3.44. The summed E-state index contributed by atoms with van der Waals surface area (Å²) in [6.07, 6.45) is 2.58. The van der Waals surface area contributed by atoms with Gasteiger partial charge < -0.3 is 9.84 Å². The molecular formula is C14H20O3. The summed E-state index contributed by atoms with van der Waals surface area (Å²) >= 11 is 0. The van der Waals surface area contributed by atoms with Crippen molar-refractivity contribution in [1.82, 2.24) is 0 Å². The third-order valence-electron chi connectivity index (χ3n) is 2.53. The van der Waals surface area contributed by atoms with Crippen LogP contribution in [0.5, 0.6) is 11.5 Å². The minimum Gasteiger partial charge on any atom is -0.507 e. The molecule has 0 aliphatic heterocycles. The molecular weight excluding hydrogens is 216 g/mol. The fourth-order valence-corrected chi connectivity index (χ4v) is 1.70. The standard InChI is InChI=1S/C14H20O3/c1-4-6-11-8-12(17-7-5-2)9-13(10(3)15)14(11)16/h8-9,16H,4-7H2,1-3H3. The number of hydrogen-bond donors (Lipinski definition) is 1. The SMILES string of the molecule is CCCOc1cc(CCC)c(O)c(C(C)=O)c1. The van der Waals surface area contributed by atoms with E-state index in [0.29, 0.717) is 17.9 Å². The lowest BCUT2D eigenvalue weighted by atomic mass is 10.0. The van der Waals surface area contributed by atoms with Gasteiger partial charge in [-0.2, -0.15) is 0 Å². The van der Waals surface area contributed by atoms with Crippen molar-refractivity contribution in [3.05, 3.63) is 23.3 Å². The van der Waals surface area contributed by atoms with Crippen LogP contribution >= 0.6 is 0 Å². The summed E-state index contributed by atoms with van der Waals surface area (Å²) in [5.41, 5.74) is 1.13. The highest BCUT2D eigenvalue weighted by Gasteiger charge is 2.13. The molecule has 0 amide bonds. The van der Waals surface area contributed by atoms with Gasteiger partial charge in [-0.1, -0.05) is 20.3 Å². The van der Waals surface area contributed by atoms with Crippen molar-refractivity contribution in [2.75, 3.05) is 6.61 Å². The molecule has 0 aliphatic rings. The zero-order valence-corrected chi connectivity index (χ0v) is 10.7. The van der Waals surface area contributed by atoms with Crippen molar-refractivity contribution in [2.24, 2.45) is 0 Å². The van der Waals surface area contributed by atoms with E-state index < -0.39 is 0 Å². The zero-order chi connectivity index (χ0) is 12.8. The molecule has 0 atom stereocenters.